The van der Waals surface area contributed by atoms with Gasteiger partial charge in [-0.2, -0.15) is 0 Å². The quantitative estimate of drug-likeness (QED) is 0.762. The van der Waals surface area contributed by atoms with E-state index in [9.17, 15) is 0 Å². The first-order valence-electron chi connectivity index (χ1n) is 8.41. The Hall–Kier alpha value is -1.84. The molecule has 0 aromatic heterocycles. The van der Waals surface area contributed by atoms with Gasteiger partial charge in [-0.25, -0.2) is 0 Å². The molecule has 1 saturated heterocycles. The summed E-state index contributed by atoms with van der Waals surface area (Å²) in [6.45, 7) is 6.61. The number of hydrogen-bond donors (Lipinski definition) is 0. The lowest BCUT2D eigenvalue weighted by Gasteiger charge is -2.32. The van der Waals surface area contributed by atoms with E-state index < -0.39 is 0 Å². The molecule has 121 valence electrons. The smallest absolute Gasteiger partial charge is 0.119 e. The Bertz CT molecular complexity index is 592. The van der Waals surface area contributed by atoms with Crippen molar-refractivity contribution in [3.63, 3.8) is 0 Å². The predicted octanol–water partition coefficient (Wildman–Crippen LogP) is 3.17. The first-order valence-corrected chi connectivity index (χ1v) is 8.41. The lowest BCUT2D eigenvalue weighted by molar-refractivity contribution is 0.145. The van der Waals surface area contributed by atoms with Crippen LogP contribution in [0.1, 0.15) is 6.42 Å². The van der Waals surface area contributed by atoms with Crippen LogP contribution >= 0.6 is 0 Å². The second-order valence-electron chi connectivity index (χ2n) is 6.17. The van der Waals surface area contributed by atoms with Crippen molar-refractivity contribution < 1.29 is 4.74 Å². The Morgan fingerprint density at radius 2 is 1.87 bits per heavy atom. The average molecular weight is 309 g/mol. The molecule has 1 fully saturated rings. The van der Waals surface area contributed by atoms with Gasteiger partial charge in [-0.3, -0.25) is 0 Å². The molecule has 0 atom stereocenters. The van der Waals surface area contributed by atoms with Crippen LogP contribution in [0.4, 0.5) is 0 Å². The fourth-order valence-corrected chi connectivity index (χ4v) is 2.89. The second kappa shape index (κ2) is 8.14. The standard InChI is InChI=1S/C20H25N2O/c1-21-12-14-22(15-13-21)11-6-16-23-20-10-5-9-19(17-20)18-7-3-2-4-8-18/h2-3,5,7-10,17H,6,11-16H2,1H3. The van der Waals surface area contributed by atoms with Crippen molar-refractivity contribution in [2.24, 2.45) is 0 Å². The largest absolute Gasteiger partial charge is 0.494 e. The zero-order chi connectivity index (χ0) is 15.9. The molecule has 0 saturated carbocycles. The van der Waals surface area contributed by atoms with Crippen LogP contribution in [0.3, 0.4) is 0 Å². The second-order valence-corrected chi connectivity index (χ2v) is 6.17. The van der Waals surface area contributed by atoms with Crippen LogP contribution in [0.5, 0.6) is 5.75 Å². The molecule has 23 heavy (non-hydrogen) atoms. The maximum absolute atomic E-state index is 5.93. The minimum absolute atomic E-state index is 0.775. The van der Waals surface area contributed by atoms with Gasteiger partial charge in [-0.05, 0) is 48.9 Å². The van der Waals surface area contributed by atoms with Gasteiger partial charge in [-0.1, -0.05) is 30.3 Å². The van der Waals surface area contributed by atoms with Gasteiger partial charge in [0, 0.05) is 32.7 Å². The summed E-state index contributed by atoms with van der Waals surface area (Å²) < 4.78 is 5.93. The molecule has 0 N–H and O–H groups in total. The van der Waals surface area contributed by atoms with Crippen molar-refractivity contribution in [1.29, 1.82) is 0 Å². The SMILES string of the molecule is CN1CCN(CCCOc2cccc(-c3c[c]ccc3)c2)CC1. The lowest BCUT2D eigenvalue weighted by Crippen LogP contribution is -2.44. The highest BCUT2D eigenvalue weighted by atomic mass is 16.5. The van der Waals surface area contributed by atoms with Gasteiger partial charge in [0.15, 0.2) is 0 Å². The van der Waals surface area contributed by atoms with Gasteiger partial charge in [0.05, 0.1) is 6.61 Å². The van der Waals surface area contributed by atoms with E-state index in [0.717, 1.165) is 25.3 Å². The van der Waals surface area contributed by atoms with Crippen LogP contribution in [-0.2, 0) is 0 Å². The minimum Gasteiger partial charge on any atom is -0.494 e. The number of piperazine rings is 1. The number of likely N-dealkylation sites (N-methyl/N-ethyl adjacent to an activating group) is 1. The summed E-state index contributed by atoms with van der Waals surface area (Å²) >= 11 is 0. The molecule has 3 heteroatoms. The van der Waals surface area contributed by atoms with Crippen LogP contribution in [-0.4, -0.2) is 56.2 Å². The summed E-state index contributed by atoms with van der Waals surface area (Å²) in [6, 6.07) is 19.5. The third kappa shape index (κ3) is 4.81. The Balaban J connectivity index is 1.45. The molecule has 0 aliphatic carbocycles. The molecular weight excluding hydrogens is 284 g/mol. The van der Waals surface area contributed by atoms with Gasteiger partial charge in [0.2, 0.25) is 0 Å². The van der Waals surface area contributed by atoms with Crippen molar-refractivity contribution in [3.05, 3.63) is 54.6 Å². The fraction of sp³-hybridized carbons (Fsp3) is 0.400. The summed E-state index contributed by atoms with van der Waals surface area (Å²) in [5.74, 6) is 0.949. The Morgan fingerprint density at radius 3 is 2.65 bits per heavy atom. The molecular formula is C20H25N2O. The van der Waals surface area contributed by atoms with Crippen molar-refractivity contribution in [2.45, 2.75) is 6.42 Å². The Morgan fingerprint density at radius 1 is 1.04 bits per heavy atom. The first kappa shape index (κ1) is 16.0. The lowest BCUT2D eigenvalue weighted by atomic mass is 10.1. The fourth-order valence-electron chi connectivity index (χ4n) is 2.89. The number of nitrogens with zero attached hydrogens (tertiary/aromatic N) is 2. The highest BCUT2D eigenvalue weighted by Crippen LogP contribution is 2.23. The highest BCUT2D eigenvalue weighted by molar-refractivity contribution is 5.64. The van der Waals surface area contributed by atoms with Crippen LogP contribution in [0.15, 0.2) is 48.5 Å². The Kier molecular flexibility index (Phi) is 5.67. The van der Waals surface area contributed by atoms with E-state index in [4.69, 9.17) is 4.74 Å². The predicted molar refractivity (Wildman–Crippen MR) is 94.8 cm³/mol. The molecule has 0 unspecified atom stereocenters. The molecule has 0 spiro atoms. The molecule has 1 aliphatic heterocycles. The van der Waals surface area contributed by atoms with E-state index in [1.165, 1.54) is 37.3 Å². The third-order valence-electron chi connectivity index (χ3n) is 4.36. The molecule has 2 aromatic rings. The van der Waals surface area contributed by atoms with E-state index in [0.29, 0.717) is 0 Å². The van der Waals surface area contributed by atoms with Gasteiger partial charge in [-0.15, -0.1) is 0 Å². The van der Waals surface area contributed by atoms with Gasteiger partial charge in [0.1, 0.15) is 5.75 Å². The maximum atomic E-state index is 5.93. The zero-order valence-corrected chi connectivity index (χ0v) is 13.9. The topological polar surface area (TPSA) is 15.7 Å². The molecule has 3 nitrogen and oxygen atoms in total. The number of rotatable bonds is 6. The van der Waals surface area contributed by atoms with E-state index in [1.807, 2.05) is 24.3 Å². The van der Waals surface area contributed by atoms with Crippen LogP contribution < -0.4 is 4.74 Å². The normalized spacial score (nSPS) is 16.4. The summed E-state index contributed by atoms with van der Waals surface area (Å²) in [5, 5.41) is 0. The molecule has 0 bridgehead atoms. The monoisotopic (exact) mass is 309 g/mol. The maximum Gasteiger partial charge on any atom is 0.119 e. The number of ether oxygens (including phenoxy) is 1. The van der Waals surface area contributed by atoms with E-state index in [1.54, 1.807) is 0 Å². The Labute approximate surface area is 139 Å². The molecule has 2 aromatic carbocycles. The first-order chi connectivity index (χ1) is 11.3. The van der Waals surface area contributed by atoms with Crippen molar-refractivity contribution in [1.82, 2.24) is 9.80 Å². The minimum atomic E-state index is 0.775. The summed E-state index contributed by atoms with van der Waals surface area (Å²) in [7, 11) is 2.19. The molecule has 1 heterocycles. The number of hydrogen-bond acceptors (Lipinski definition) is 3. The van der Waals surface area contributed by atoms with Crippen molar-refractivity contribution in [3.8, 4) is 16.9 Å². The van der Waals surface area contributed by atoms with Gasteiger partial charge < -0.3 is 14.5 Å². The van der Waals surface area contributed by atoms with Crippen molar-refractivity contribution in [2.75, 3.05) is 46.4 Å². The molecule has 1 radical (unpaired) electrons. The van der Waals surface area contributed by atoms with Crippen LogP contribution in [0.2, 0.25) is 0 Å². The molecule has 3 rings (SSSR count). The average Bonchev–Trinajstić information content (AvgIpc) is 2.61. The summed E-state index contributed by atoms with van der Waals surface area (Å²) in [4.78, 5) is 4.92. The van der Waals surface area contributed by atoms with Crippen LogP contribution in [0, 0.1) is 6.07 Å². The number of benzene rings is 2. The van der Waals surface area contributed by atoms with Crippen LogP contribution in [0.25, 0.3) is 11.1 Å². The van der Waals surface area contributed by atoms with Gasteiger partial charge >= 0.3 is 0 Å². The van der Waals surface area contributed by atoms with E-state index >= 15 is 0 Å². The third-order valence-corrected chi connectivity index (χ3v) is 4.36. The highest BCUT2D eigenvalue weighted by Gasteiger charge is 2.12. The molecule has 1 aliphatic rings. The summed E-state index contributed by atoms with van der Waals surface area (Å²) in [6.07, 6.45) is 1.08. The molecule has 0 amide bonds. The zero-order valence-electron chi connectivity index (χ0n) is 13.9. The van der Waals surface area contributed by atoms with E-state index in [-0.39, 0.29) is 0 Å². The van der Waals surface area contributed by atoms with Gasteiger partial charge in [0.25, 0.3) is 0 Å². The van der Waals surface area contributed by atoms with Crippen molar-refractivity contribution >= 4 is 0 Å². The van der Waals surface area contributed by atoms with E-state index in [2.05, 4.69) is 47.2 Å². The summed E-state index contributed by atoms with van der Waals surface area (Å²) in [5.41, 5.74) is 2.36.